The molecule has 1 rings (SSSR count). The second-order valence-electron chi connectivity index (χ2n) is 8.05. The largest absolute Gasteiger partial charge is 0.501 e. The van der Waals surface area contributed by atoms with Gasteiger partial charge in [0, 0.05) is 26.8 Å². The van der Waals surface area contributed by atoms with E-state index in [1.807, 2.05) is 45.0 Å². The molecule has 2 amide bonds. The van der Waals surface area contributed by atoms with Crippen LogP contribution in [0, 0.1) is 0 Å². The van der Waals surface area contributed by atoms with Gasteiger partial charge in [0.2, 0.25) is 11.9 Å². The molecule has 2 unspecified atom stereocenters. The smallest absolute Gasteiger partial charge is 0.272 e. The number of carbonyl (C=O) groups is 3. The molecule has 1 aromatic carbocycles. The van der Waals surface area contributed by atoms with Crippen molar-refractivity contribution < 1.29 is 19.1 Å². The highest BCUT2D eigenvalue weighted by molar-refractivity contribution is 8.13. The highest BCUT2D eigenvalue weighted by Gasteiger charge is 2.24. The van der Waals surface area contributed by atoms with Crippen LogP contribution in [0.15, 0.2) is 33.9 Å². The van der Waals surface area contributed by atoms with Crippen molar-refractivity contribution >= 4 is 46.7 Å². The van der Waals surface area contributed by atoms with Crippen molar-refractivity contribution in [2.45, 2.75) is 46.1 Å². The molecule has 1 aromatic rings. The van der Waals surface area contributed by atoms with Crippen LogP contribution in [-0.4, -0.2) is 66.7 Å². The molecule has 2 atom stereocenters. The zero-order chi connectivity index (χ0) is 26.7. The molecule has 0 aromatic heterocycles. The Kier molecular flexibility index (Phi) is 12.0. The van der Waals surface area contributed by atoms with Gasteiger partial charge in [0.1, 0.15) is 6.04 Å². The lowest BCUT2D eigenvalue weighted by molar-refractivity contribution is -0.125. The summed E-state index contributed by atoms with van der Waals surface area (Å²) in [6.45, 7) is 7.01. The molecular weight excluding hydrogens is 468 g/mol. The normalized spacial score (nSPS) is 14.2. The number of hydrogen-bond donors (Lipinski definition) is 3. The van der Waals surface area contributed by atoms with Crippen molar-refractivity contribution in [3.63, 3.8) is 0 Å². The monoisotopic (exact) mass is 504 g/mol. The minimum absolute atomic E-state index is 0.000264. The molecule has 5 N–H and O–H groups in total. The van der Waals surface area contributed by atoms with Gasteiger partial charge >= 0.3 is 0 Å². The van der Waals surface area contributed by atoms with Crippen LogP contribution in [0.4, 0.5) is 0 Å². The first-order valence-corrected chi connectivity index (χ1v) is 12.1. The summed E-state index contributed by atoms with van der Waals surface area (Å²) in [5.41, 5.74) is 14.3. The highest BCUT2D eigenvalue weighted by Crippen LogP contribution is 2.26. The molecule has 0 aliphatic heterocycles. The Bertz CT molecular complexity index is 1020. The predicted octanol–water partition coefficient (Wildman–Crippen LogP) is 1.84. The average molecular weight is 505 g/mol. The fourth-order valence-corrected chi connectivity index (χ4v) is 3.84. The second-order valence-corrected chi connectivity index (χ2v) is 9.07. The molecule has 10 nitrogen and oxygen atoms in total. The quantitative estimate of drug-likeness (QED) is 0.262. The fraction of sp³-hybridized carbons (Fsp3) is 0.458. The molecule has 11 heteroatoms. The topological polar surface area (TPSA) is 152 Å². The molecule has 0 fully saturated rings. The van der Waals surface area contributed by atoms with Gasteiger partial charge in [0.05, 0.1) is 18.8 Å². The Morgan fingerprint density at radius 1 is 1.20 bits per heavy atom. The number of ether oxygens (including phenoxy) is 1. The summed E-state index contributed by atoms with van der Waals surface area (Å²) in [7, 11) is 4.94. The van der Waals surface area contributed by atoms with Crippen LogP contribution < -0.4 is 16.8 Å². The van der Waals surface area contributed by atoms with E-state index in [-0.39, 0.29) is 22.8 Å². The first-order chi connectivity index (χ1) is 16.4. The van der Waals surface area contributed by atoms with Gasteiger partial charge < -0.3 is 26.4 Å². The summed E-state index contributed by atoms with van der Waals surface area (Å²) in [5, 5.41) is 2.37. The Morgan fingerprint density at radius 3 is 2.40 bits per heavy atom. The van der Waals surface area contributed by atoms with Crippen LogP contribution >= 0.6 is 11.8 Å². The standard InChI is InChI=1S/C24H36N6O4S/c1-8-17-12-18(9-10-19(17)11-14(2)34-7)15(3)22(33)35-13-20(27-16(4)31)21(32)28-23(25)29-24(26)30(5)6/h9-12,15,20H,8,13H2,1-7H3,(H,27,31)(H4,25,26,28,29,32). The maximum absolute atomic E-state index is 12.9. The van der Waals surface area contributed by atoms with Gasteiger partial charge in [-0.2, -0.15) is 9.98 Å². The number of nitrogens with two attached hydrogens (primary N) is 2. The third-order valence-corrected chi connectivity index (χ3v) is 6.20. The number of guanidine groups is 2. The maximum Gasteiger partial charge on any atom is 0.272 e. The van der Waals surface area contributed by atoms with E-state index in [2.05, 4.69) is 15.3 Å². The van der Waals surface area contributed by atoms with Gasteiger partial charge in [-0.05, 0) is 36.1 Å². The summed E-state index contributed by atoms with van der Waals surface area (Å²) in [6.07, 6.45) is 2.75. The first-order valence-electron chi connectivity index (χ1n) is 11.1. The number of aryl methyl sites for hydroxylation is 1. The summed E-state index contributed by atoms with van der Waals surface area (Å²) in [4.78, 5) is 46.1. The van der Waals surface area contributed by atoms with Crippen molar-refractivity contribution in [2.75, 3.05) is 27.0 Å². The lowest BCUT2D eigenvalue weighted by Gasteiger charge is -2.17. The third-order valence-electron chi connectivity index (χ3n) is 5.06. The van der Waals surface area contributed by atoms with Crippen LogP contribution in [0.2, 0.25) is 0 Å². The van der Waals surface area contributed by atoms with Gasteiger partial charge in [-0.25, -0.2) is 0 Å². The molecule has 0 aliphatic carbocycles. The molecule has 0 radical (unpaired) electrons. The third kappa shape index (κ3) is 9.81. The minimum atomic E-state index is -1.04. The highest BCUT2D eigenvalue weighted by atomic mass is 32.2. The summed E-state index contributed by atoms with van der Waals surface area (Å²) in [5.74, 6) is -1.06. The number of amides is 2. The molecule has 0 spiro atoms. The number of thioether (sulfide) groups is 1. The first kappa shape index (κ1) is 29.7. The van der Waals surface area contributed by atoms with E-state index < -0.39 is 23.8 Å². The average Bonchev–Trinajstić information content (AvgIpc) is 2.80. The lowest BCUT2D eigenvalue weighted by atomic mass is 9.95. The van der Waals surface area contributed by atoms with Gasteiger partial charge in [0.15, 0.2) is 11.1 Å². The summed E-state index contributed by atoms with van der Waals surface area (Å²) >= 11 is 0.950. The number of carbonyl (C=O) groups excluding carboxylic acids is 3. The number of methoxy groups -OCH3 is 1. The van der Waals surface area contributed by atoms with Crippen LogP contribution in [-0.2, 0) is 25.5 Å². The van der Waals surface area contributed by atoms with E-state index in [0.29, 0.717) is 0 Å². The van der Waals surface area contributed by atoms with Gasteiger partial charge in [-0.1, -0.05) is 43.8 Å². The minimum Gasteiger partial charge on any atom is -0.501 e. The zero-order valence-corrected chi connectivity index (χ0v) is 22.2. The number of allylic oxidation sites excluding steroid dienone is 1. The van der Waals surface area contributed by atoms with Crippen LogP contribution in [0.5, 0.6) is 0 Å². The predicted molar refractivity (Wildman–Crippen MR) is 142 cm³/mol. The maximum atomic E-state index is 12.9. The fourth-order valence-electron chi connectivity index (χ4n) is 2.90. The number of hydrogen-bond acceptors (Lipinski definition) is 5. The number of benzene rings is 1. The second kappa shape index (κ2) is 14.1. The van der Waals surface area contributed by atoms with Crippen molar-refractivity contribution in [2.24, 2.45) is 21.5 Å². The molecule has 0 aliphatic rings. The van der Waals surface area contributed by atoms with E-state index in [1.54, 1.807) is 21.2 Å². The lowest BCUT2D eigenvalue weighted by Crippen LogP contribution is -2.42. The Morgan fingerprint density at radius 2 is 1.86 bits per heavy atom. The van der Waals surface area contributed by atoms with Crippen molar-refractivity contribution in [1.29, 1.82) is 0 Å². The van der Waals surface area contributed by atoms with Gasteiger partial charge in [0.25, 0.3) is 5.91 Å². The van der Waals surface area contributed by atoms with Crippen molar-refractivity contribution in [3.8, 4) is 0 Å². The zero-order valence-electron chi connectivity index (χ0n) is 21.4. The SMILES string of the molecule is CCc1cc(C(C)C(=O)SCC(NC(C)=O)C(=O)N=C(N)N=C(N)N(C)C)ccc1C=C(C)OC. The molecule has 192 valence electrons. The van der Waals surface area contributed by atoms with E-state index in [4.69, 9.17) is 16.2 Å². The van der Waals surface area contributed by atoms with Crippen molar-refractivity contribution in [3.05, 3.63) is 40.6 Å². The van der Waals surface area contributed by atoms with Gasteiger partial charge in [-0.15, -0.1) is 0 Å². The van der Waals surface area contributed by atoms with Crippen LogP contribution in [0.3, 0.4) is 0 Å². The van der Waals surface area contributed by atoms with Gasteiger partial charge in [-0.3, -0.25) is 14.4 Å². The molecule has 0 bridgehead atoms. The van der Waals surface area contributed by atoms with E-state index >= 15 is 0 Å². The molecule has 0 saturated carbocycles. The molecule has 0 heterocycles. The molecular formula is C24H36N6O4S. The number of nitrogens with zero attached hydrogens (tertiary/aromatic N) is 3. The summed E-state index contributed by atoms with van der Waals surface area (Å²) in [6, 6.07) is 4.84. The molecule has 0 saturated heterocycles. The van der Waals surface area contributed by atoms with E-state index in [1.165, 1.54) is 11.8 Å². The Balaban J connectivity index is 2.99. The number of rotatable bonds is 9. The summed E-state index contributed by atoms with van der Waals surface area (Å²) < 4.78 is 5.24. The Labute approximate surface area is 211 Å². The number of aliphatic imine (C=N–C) groups is 2. The van der Waals surface area contributed by atoms with Crippen LogP contribution in [0.25, 0.3) is 6.08 Å². The van der Waals surface area contributed by atoms with E-state index in [9.17, 15) is 14.4 Å². The van der Waals surface area contributed by atoms with Crippen molar-refractivity contribution in [1.82, 2.24) is 10.2 Å². The molecule has 35 heavy (non-hydrogen) atoms. The number of nitrogens with one attached hydrogen (secondary N) is 1. The van der Waals surface area contributed by atoms with Crippen LogP contribution in [0.1, 0.15) is 50.3 Å². The van der Waals surface area contributed by atoms with E-state index in [0.717, 1.165) is 40.6 Å². The Hall–Kier alpha value is -3.34.